The van der Waals surface area contributed by atoms with Crippen LogP contribution in [0.5, 0.6) is 0 Å². The lowest BCUT2D eigenvalue weighted by molar-refractivity contribution is 0.550. The van der Waals surface area contributed by atoms with Gasteiger partial charge in [-0.3, -0.25) is 16.3 Å². The Morgan fingerprint density at radius 2 is 2.11 bits per heavy atom. The van der Waals surface area contributed by atoms with E-state index in [4.69, 9.17) is 17.4 Å². The van der Waals surface area contributed by atoms with E-state index in [0.29, 0.717) is 11.4 Å². The van der Waals surface area contributed by atoms with Gasteiger partial charge in [0.2, 0.25) is 0 Å². The Hall–Kier alpha value is -0.460. The van der Waals surface area contributed by atoms with Crippen molar-refractivity contribution >= 4 is 43.5 Å². The van der Waals surface area contributed by atoms with E-state index in [1.54, 1.807) is 12.4 Å². The fourth-order valence-corrected chi connectivity index (χ4v) is 3.35. The van der Waals surface area contributed by atoms with Crippen molar-refractivity contribution in [3.05, 3.63) is 61.8 Å². The average molecular weight is 406 g/mol. The van der Waals surface area contributed by atoms with Gasteiger partial charge < -0.3 is 0 Å². The summed E-state index contributed by atoms with van der Waals surface area (Å²) in [7, 11) is 0. The SMILES string of the molecule is NNC(Cc1ccncc1Cl)c1ccc(Br)cc1Br. The molecule has 1 aromatic heterocycles. The summed E-state index contributed by atoms with van der Waals surface area (Å²) in [5.41, 5.74) is 4.92. The molecule has 3 nitrogen and oxygen atoms in total. The van der Waals surface area contributed by atoms with Gasteiger partial charge in [0.05, 0.1) is 11.1 Å². The summed E-state index contributed by atoms with van der Waals surface area (Å²) in [4.78, 5) is 3.98. The van der Waals surface area contributed by atoms with Gasteiger partial charge in [-0.1, -0.05) is 49.5 Å². The molecule has 6 heteroatoms. The Morgan fingerprint density at radius 1 is 1.32 bits per heavy atom. The summed E-state index contributed by atoms with van der Waals surface area (Å²) in [6.07, 6.45) is 4.06. The summed E-state index contributed by atoms with van der Waals surface area (Å²) >= 11 is 13.1. The molecule has 1 heterocycles. The maximum Gasteiger partial charge on any atom is 0.0622 e. The predicted octanol–water partition coefficient (Wildman–Crippen LogP) is 4.01. The van der Waals surface area contributed by atoms with Crippen LogP contribution in [0.25, 0.3) is 0 Å². The molecule has 3 N–H and O–H groups in total. The zero-order valence-corrected chi connectivity index (χ0v) is 13.8. The van der Waals surface area contributed by atoms with E-state index in [-0.39, 0.29) is 6.04 Å². The molecule has 1 unspecified atom stereocenters. The Bertz CT molecular complexity index is 578. The zero-order chi connectivity index (χ0) is 13.8. The number of nitrogens with zero attached hydrogens (tertiary/aromatic N) is 1. The van der Waals surface area contributed by atoms with Gasteiger partial charge in [0.15, 0.2) is 0 Å². The number of benzene rings is 1. The first-order valence-corrected chi connectivity index (χ1v) is 7.57. The van der Waals surface area contributed by atoms with Crippen LogP contribution in [0.15, 0.2) is 45.6 Å². The van der Waals surface area contributed by atoms with Crippen LogP contribution in [0.4, 0.5) is 0 Å². The van der Waals surface area contributed by atoms with E-state index < -0.39 is 0 Å². The number of rotatable bonds is 4. The number of hydrogen-bond acceptors (Lipinski definition) is 3. The Balaban J connectivity index is 2.28. The molecular weight excluding hydrogens is 393 g/mol. The van der Waals surface area contributed by atoms with E-state index >= 15 is 0 Å². The number of nitrogens with one attached hydrogen (secondary N) is 1. The molecule has 0 bridgehead atoms. The van der Waals surface area contributed by atoms with Crippen LogP contribution in [0, 0.1) is 0 Å². The second kappa shape index (κ2) is 6.81. The highest BCUT2D eigenvalue weighted by molar-refractivity contribution is 9.11. The Kier molecular flexibility index (Phi) is 5.36. The molecule has 1 atom stereocenters. The first kappa shape index (κ1) is 14.9. The second-order valence-electron chi connectivity index (χ2n) is 4.06. The molecule has 2 rings (SSSR count). The lowest BCUT2D eigenvalue weighted by atomic mass is 10.00. The topological polar surface area (TPSA) is 50.9 Å². The molecule has 0 radical (unpaired) electrons. The van der Waals surface area contributed by atoms with Gasteiger partial charge in [0, 0.05) is 21.3 Å². The zero-order valence-electron chi connectivity index (χ0n) is 9.91. The number of halogens is 3. The number of nitrogens with two attached hydrogens (primary N) is 1. The van der Waals surface area contributed by atoms with Gasteiger partial charge in [0.25, 0.3) is 0 Å². The molecule has 0 saturated heterocycles. The van der Waals surface area contributed by atoms with E-state index in [1.165, 1.54) is 0 Å². The van der Waals surface area contributed by atoms with Crippen molar-refractivity contribution in [2.75, 3.05) is 0 Å². The molecule has 0 aliphatic heterocycles. The monoisotopic (exact) mass is 403 g/mol. The molecule has 19 heavy (non-hydrogen) atoms. The van der Waals surface area contributed by atoms with Crippen molar-refractivity contribution in [2.45, 2.75) is 12.5 Å². The third-order valence-corrected chi connectivity index (χ3v) is 4.34. The third-order valence-electron chi connectivity index (χ3n) is 2.82. The molecule has 0 fully saturated rings. The predicted molar refractivity (Wildman–Crippen MR) is 84.9 cm³/mol. The molecule has 0 saturated carbocycles. The molecular formula is C13H12Br2ClN3. The lowest BCUT2D eigenvalue weighted by Gasteiger charge is -2.18. The van der Waals surface area contributed by atoms with Crippen molar-refractivity contribution in [3.8, 4) is 0 Å². The number of hydrogen-bond donors (Lipinski definition) is 2. The van der Waals surface area contributed by atoms with E-state index in [2.05, 4.69) is 42.3 Å². The normalized spacial score (nSPS) is 12.4. The molecule has 0 amide bonds. The molecule has 100 valence electrons. The number of pyridine rings is 1. The van der Waals surface area contributed by atoms with Gasteiger partial charge in [-0.15, -0.1) is 0 Å². The van der Waals surface area contributed by atoms with Crippen molar-refractivity contribution in [3.63, 3.8) is 0 Å². The van der Waals surface area contributed by atoms with Gasteiger partial charge >= 0.3 is 0 Å². The van der Waals surface area contributed by atoms with Crippen molar-refractivity contribution in [1.82, 2.24) is 10.4 Å². The summed E-state index contributed by atoms with van der Waals surface area (Å²) in [5.74, 6) is 5.67. The number of hydrazine groups is 1. The van der Waals surface area contributed by atoms with Crippen LogP contribution in [-0.4, -0.2) is 4.98 Å². The maximum absolute atomic E-state index is 6.13. The quantitative estimate of drug-likeness (QED) is 0.597. The molecule has 1 aromatic carbocycles. The van der Waals surface area contributed by atoms with Gasteiger partial charge in [0.1, 0.15) is 0 Å². The van der Waals surface area contributed by atoms with Crippen LogP contribution < -0.4 is 11.3 Å². The smallest absolute Gasteiger partial charge is 0.0622 e. The summed E-state index contributed by atoms with van der Waals surface area (Å²) < 4.78 is 2.01. The lowest BCUT2D eigenvalue weighted by Crippen LogP contribution is -2.30. The molecule has 0 spiro atoms. The average Bonchev–Trinajstić information content (AvgIpc) is 2.39. The third kappa shape index (κ3) is 3.77. The highest BCUT2D eigenvalue weighted by atomic mass is 79.9. The summed E-state index contributed by atoms with van der Waals surface area (Å²) in [6.45, 7) is 0. The van der Waals surface area contributed by atoms with Crippen molar-refractivity contribution in [2.24, 2.45) is 5.84 Å². The standard InChI is InChI=1S/C13H12Br2ClN3/c14-9-1-2-10(11(15)6-9)13(19-17)5-8-3-4-18-7-12(8)16/h1-4,6-7,13,19H,5,17H2. The first-order chi connectivity index (χ1) is 9.11. The second-order valence-corrected chi connectivity index (χ2v) is 6.23. The minimum Gasteiger partial charge on any atom is -0.271 e. The fraction of sp³-hybridized carbons (Fsp3) is 0.154. The van der Waals surface area contributed by atoms with Gasteiger partial charge in [-0.2, -0.15) is 0 Å². The van der Waals surface area contributed by atoms with Crippen molar-refractivity contribution < 1.29 is 0 Å². The van der Waals surface area contributed by atoms with E-state index in [0.717, 1.165) is 20.1 Å². The molecule has 2 aromatic rings. The van der Waals surface area contributed by atoms with Crippen LogP contribution >= 0.6 is 43.5 Å². The minimum absolute atomic E-state index is 0.0256. The molecule has 0 aliphatic rings. The maximum atomic E-state index is 6.13. The highest BCUT2D eigenvalue weighted by Crippen LogP contribution is 2.29. The van der Waals surface area contributed by atoms with Gasteiger partial charge in [-0.25, -0.2) is 0 Å². The first-order valence-electron chi connectivity index (χ1n) is 5.61. The van der Waals surface area contributed by atoms with Crippen LogP contribution in [0.1, 0.15) is 17.2 Å². The van der Waals surface area contributed by atoms with E-state index in [1.807, 2.05) is 24.3 Å². The van der Waals surface area contributed by atoms with Crippen LogP contribution in [0.3, 0.4) is 0 Å². The highest BCUT2D eigenvalue weighted by Gasteiger charge is 2.15. The largest absolute Gasteiger partial charge is 0.271 e. The van der Waals surface area contributed by atoms with Crippen LogP contribution in [0.2, 0.25) is 5.02 Å². The van der Waals surface area contributed by atoms with Crippen LogP contribution in [-0.2, 0) is 6.42 Å². The molecule has 0 aliphatic carbocycles. The minimum atomic E-state index is -0.0256. The Labute approximate surface area is 133 Å². The van der Waals surface area contributed by atoms with E-state index in [9.17, 15) is 0 Å². The summed E-state index contributed by atoms with van der Waals surface area (Å²) in [5, 5.41) is 0.649. The fourth-order valence-electron chi connectivity index (χ4n) is 1.83. The van der Waals surface area contributed by atoms with Gasteiger partial charge in [-0.05, 0) is 35.7 Å². The Morgan fingerprint density at radius 3 is 2.74 bits per heavy atom. The number of aromatic nitrogens is 1. The van der Waals surface area contributed by atoms with Crippen molar-refractivity contribution in [1.29, 1.82) is 0 Å². The summed E-state index contributed by atoms with van der Waals surface area (Å²) in [6, 6.07) is 7.88.